The molecule has 4 rings (SSSR count). The molecule has 4 aromatic carbocycles. The van der Waals surface area contributed by atoms with E-state index in [9.17, 15) is 0 Å². The molecule has 0 unspecified atom stereocenters. The Bertz CT molecular complexity index is 726. The minimum absolute atomic E-state index is 0. The molecule has 0 spiro atoms. The third-order valence-corrected chi connectivity index (χ3v) is 3.52. The Morgan fingerprint density at radius 1 is 0.654 bits per heavy atom. The summed E-state index contributed by atoms with van der Waals surface area (Å²) < 4.78 is 0. The van der Waals surface area contributed by atoms with E-state index in [1.54, 1.807) is 0 Å². The summed E-state index contributed by atoms with van der Waals surface area (Å²) in [4.78, 5) is 0. The van der Waals surface area contributed by atoms with E-state index in [4.69, 9.17) is 0 Å². The van der Waals surface area contributed by atoms with Crippen LogP contribution in [-0.2, 0) is 26.2 Å². The molecule has 4 heteroatoms. The van der Waals surface area contributed by atoms with Crippen LogP contribution in [0.4, 0.5) is 0 Å². The standard InChI is InChI=1S/2C10H9.C2H7Si.2HI.Zr/c2*1-8-6-9-4-2-3-5-10(9)7-8;1-3-2;;;/h2*2-7H,1H3;3H,1-2H3;2*1H;/q2*-1;;;;+4/p-2. The fourth-order valence-corrected chi connectivity index (χ4v) is 2.61. The third-order valence-electron chi connectivity index (χ3n) is 3.52. The predicted molar refractivity (Wildman–Crippen MR) is 107 cm³/mol. The second-order valence-corrected chi connectivity index (χ2v) is 7.06. The van der Waals surface area contributed by atoms with Crippen LogP contribution in [0.25, 0.3) is 21.5 Å². The van der Waals surface area contributed by atoms with Gasteiger partial charge in [-0.05, 0) is 0 Å². The number of aryl methyl sites for hydroxylation is 2. The van der Waals surface area contributed by atoms with Crippen LogP contribution in [0.15, 0.2) is 72.8 Å². The number of hydrogen-bond acceptors (Lipinski definition) is 0. The SMILES string of the molecule is C[SiH]C.Cc1cc2ccccc2[cH-]1.Cc1cc2ccccc2[cH-]1.[I-].[I-].[Zr+4]. The molecule has 0 N–H and O–H groups in total. The molecule has 26 heavy (non-hydrogen) atoms. The molecule has 0 heterocycles. The summed E-state index contributed by atoms with van der Waals surface area (Å²) >= 11 is 0. The molecule has 0 aliphatic heterocycles. The molecule has 0 saturated carbocycles. The van der Waals surface area contributed by atoms with Crippen molar-refractivity contribution in [3.8, 4) is 0 Å². The molecule has 0 nitrogen and oxygen atoms in total. The Labute approximate surface area is 213 Å². The van der Waals surface area contributed by atoms with E-state index in [1.807, 2.05) is 0 Å². The molecule has 0 atom stereocenters. The van der Waals surface area contributed by atoms with E-state index in [2.05, 4.69) is 99.7 Å². The molecule has 0 fully saturated rings. The molecule has 1 radical (unpaired) electrons. The Morgan fingerprint density at radius 2 is 0.962 bits per heavy atom. The summed E-state index contributed by atoms with van der Waals surface area (Å²) in [6, 6.07) is 25.7. The first-order chi connectivity index (χ1) is 11.1. The zero-order valence-electron chi connectivity index (χ0n) is 15.8. The van der Waals surface area contributed by atoms with E-state index < -0.39 is 0 Å². The maximum atomic E-state index is 2.21. The van der Waals surface area contributed by atoms with Gasteiger partial charge in [0.25, 0.3) is 0 Å². The molecule has 0 aliphatic carbocycles. The van der Waals surface area contributed by atoms with Crippen molar-refractivity contribution >= 4 is 31.1 Å². The molecule has 0 saturated heterocycles. The van der Waals surface area contributed by atoms with E-state index in [0.29, 0.717) is 0 Å². The van der Waals surface area contributed by atoms with Crippen LogP contribution in [-0.4, -0.2) is 9.52 Å². The Balaban J connectivity index is 0. The van der Waals surface area contributed by atoms with E-state index >= 15 is 0 Å². The van der Waals surface area contributed by atoms with Crippen LogP contribution < -0.4 is 48.0 Å². The zero-order chi connectivity index (χ0) is 16.7. The number of halogens is 2. The van der Waals surface area contributed by atoms with Gasteiger partial charge in [-0.25, -0.2) is 0 Å². The van der Waals surface area contributed by atoms with Crippen molar-refractivity contribution in [1.82, 2.24) is 0 Å². The first kappa shape index (κ1) is 28.4. The summed E-state index contributed by atoms with van der Waals surface area (Å²) in [5, 5.41) is 5.39. The molecule has 0 aromatic heterocycles. The van der Waals surface area contributed by atoms with E-state index in [1.165, 1.54) is 32.7 Å². The Kier molecular flexibility index (Phi) is 16.6. The second kappa shape index (κ2) is 15.2. The maximum Gasteiger partial charge on any atom is 4.00 e. The van der Waals surface area contributed by atoms with Crippen molar-refractivity contribution in [3.63, 3.8) is 0 Å². The predicted octanol–water partition coefficient (Wildman–Crippen LogP) is 0.259. The molecular formula is C22H25I2SiZr. The number of rotatable bonds is 0. The van der Waals surface area contributed by atoms with Crippen LogP contribution in [0.5, 0.6) is 0 Å². The zero-order valence-corrected chi connectivity index (χ0v) is 23.7. The molecule has 0 aliphatic rings. The third kappa shape index (κ3) is 8.94. The molecule has 135 valence electrons. The van der Waals surface area contributed by atoms with Crippen LogP contribution >= 0.6 is 0 Å². The van der Waals surface area contributed by atoms with Gasteiger partial charge in [-0.3, -0.25) is 0 Å². The average molecular weight is 663 g/mol. The summed E-state index contributed by atoms with van der Waals surface area (Å²) in [7, 11) is 0.750. The smallest absolute Gasteiger partial charge is 1.00 e. The van der Waals surface area contributed by atoms with Crippen molar-refractivity contribution in [1.29, 1.82) is 0 Å². The van der Waals surface area contributed by atoms with Crippen molar-refractivity contribution < 1.29 is 74.2 Å². The van der Waals surface area contributed by atoms with Crippen LogP contribution in [0.2, 0.25) is 13.1 Å². The van der Waals surface area contributed by atoms with E-state index in [-0.39, 0.29) is 74.2 Å². The van der Waals surface area contributed by atoms with Gasteiger partial charge in [0.05, 0.1) is 0 Å². The normalized spacial score (nSPS) is 8.77. The molecule has 0 amide bonds. The van der Waals surface area contributed by atoms with Gasteiger partial charge in [-0.2, -0.15) is 12.1 Å². The fraction of sp³-hybridized carbons (Fsp3) is 0.182. The van der Waals surface area contributed by atoms with Gasteiger partial charge in [0.1, 0.15) is 0 Å². The summed E-state index contributed by atoms with van der Waals surface area (Å²) in [5.41, 5.74) is 2.70. The number of hydrogen-bond donors (Lipinski definition) is 0. The quantitative estimate of drug-likeness (QED) is 0.144. The van der Waals surface area contributed by atoms with Gasteiger partial charge in [0.15, 0.2) is 0 Å². The first-order valence-corrected chi connectivity index (χ1v) is 10.4. The monoisotopic (exact) mass is 661 g/mol. The molecular weight excluding hydrogens is 637 g/mol. The maximum absolute atomic E-state index is 2.21. The van der Waals surface area contributed by atoms with Crippen LogP contribution in [0, 0.1) is 13.8 Å². The van der Waals surface area contributed by atoms with Gasteiger partial charge in [-0.1, -0.05) is 39.1 Å². The van der Waals surface area contributed by atoms with Crippen LogP contribution in [0.3, 0.4) is 0 Å². The summed E-state index contributed by atoms with van der Waals surface area (Å²) in [5.74, 6) is 0. The Morgan fingerprint density at radius 3 is 1.27 bits per heavy atom. The topological polar surface area (TPSA) is 0 Å². The largest absolute Gasteiger partial charge is 4.00 e. The fourth-order valence-electron chi connectivity index (χ4n) is 2.61. The summed E-state index contributed by atoms with van der Waals surface area (Å²) in [6.07, 6.45) is 0. The van der Waals surface area contributed by atoms with Gasteiger partial charge < -0.3 is 48.0 Å². The van der Waals surface area contributed by atoms with Crippen molar-refractivity contribution in [3.05, 3.63) is 83.9 Å². The second-order valence-electron chi connectivity index (χ2n) is 5.90. The van der Waals surface area contributed by atoms with Crippen molar-refractivity contribution in [2.45, 2.75) is 26.9 Å². The minimum Gasteiger partial charge on any atom is -1.00 e. The van der Waals surface area contributed by atoms with Gasteiger partial charge in [0, 0.05) is 9.52 Å². The first-order valence-electron chi connectivity index (χ1n) is 8.12. The molecule has 0 bridgehead atoms. The number of fused-ring (bicyclic) bond motifs is 2. The van der Waals surface area contributed by atoms with Gasteiger partial charge in [-0.15, -0.1) is 81.2 Å². The van der Waals surface area contributed by atoms with Gasteiger partial charge in [0.2, 0.25) is 0 Å². The van der Waals surface area contributed by atoms with Crippen molar-refractivity contribution in [2.24, 2.45) is 0 Å². The van der Waals surface area contributed by atoms with Gasteiger partial charge >= 0.3 is 26.2 Å². The van der Waals surface area contributed by atoms with Crippen LogP contribution in [0.1, 0.15) is 11.1 Å². The van der Waals surface area contributed by atoms with E-state index in [0.717, 1.165) is 9.52 Å². The Hall–Kier alpha value is 0.220. The van der Waals surface area contributed by atoms with Crippen molar-refractivity contribution in [2.75, 3.05) is 0 Å². The minimum atomic E-state index is 0. The summed E-state index contributed by atoms with van der Waals surface area (Å²) in [6.45, 7) is 8.67. The average Bonchev–Trinajstić information content (AvgIpc) is 3.08. The molecule has 4 aromatic rings. The number of benzene rings is 2.